The van der Waals surface area contributed by atoms with E-state index in [4.69, 9.17) is 16.6 Å². The summed E-state index contributed by atoms with van der Waals surface area (Å²) in [6.07, 6.45) is 6.31. The summed E-state index contributed by atoms with van der Waals surface area (Å²) < 4.78 is 1.78. The molecule has 4 rings (SSSR count). The lowest BCUT2D eigenvalue weighted by Crippen LogP contribution is -2.10. The van der Waals surface area contributed by atoms with Gasteiger partial charge in [0.15, 0.2) is 5.65 Å². The summed E-state index contributed by atoms with van der Waals surface area (Å²) in [6.45, 7) is 0. The van der Waals surface area contributed by atoms with Crippen LogP contribution in [0.4, 0.5) is 0 Å². The summed E-state index contributed by atoms with van der Waals surface area (Å²) in [5.74, 6) is 0. The molecule has 3 aromatic rings. The van der Waals surface area contributed by atoms with Crippen LogP contribution in [0.2, 0.25) is 5.15 Å². The van der Waals surface area contributed by atoms with Crippen molar-refractivity contribution in [2.45, 2.75) is 25.7 Å². The van der Waals surface area contributed by atoms with Crippen LogP contribution < -0.4 is 0 Å². The van der Waals surface area contributed by atoms with Gasteiger partial charge in [-0.3, -0.25) is 0 Å². The number of rotatable bonds is 1. The average molecular weight is 290 g/mol. The number of halogens is 1. The van der Waals surface area contributed by atoms with Gasteiger partial charge in [0.2, 0.25) is 0 Å². The Bertz CT molecular complexity index is 746. The van der Waals surface area contributed by atoms with E-state index in [1.54, 1.807) is 15.9 Å². The van der Waals surface area contributed by atoms with Gasteiger partial charge in [0.1, 0.15) is 5.15 Å². The highest BCUT2D eigenvalue weighted by atomic mass is 35.5. The van der Waals surface area contributed by atoms with Gasteiger partial charge in [-0.1, -0.05) is 17.7 Å². The van der Waals surface area contributed by atoms with Crippen molar-refractivity contribution >= 4 is 28.6 Å². The van der Waals surface area contributed by atoms with Crippen LogP contribution in [0.5, 0.6) is 0 Å². The average Bonchev–Trinajstić information content (AvgIpc) is 3.07. The number of hydrogen-bond donors (Lipinski definition) is 0. The van der Waals surface area contributed by atoms with E-state index >= 15 is 0 Å². The summed E-state index contributed by atoms with van der Waals surface area (Å²) in [7, 11) is 0. The molecule has 96 valence electrons. The minimum atomic E-state index is 0.738. The van der Waals surface area contributed by atoms with Crippen LogP contribution in [0.15, 0.2) is 23.7 Å². The van der Waals surface area contributed by atoms with Crippen molar-refractivity contribution in [2.75, 3.05) is 0 Å². The maximum atomic E-state index is 6.50. The Morgan fingerprint density at radius 2 is 2.16 bits per heavy atom. The van der Waals surface area contributed by atoms with Gasteiger partial charge < -0.3 is 0 Å². The van der Waals surface area contributed by atoms with Crippen molar-refractivity contribution in [3.8, 4) is 10.4 Å². The second-order valence-electron chi connectivity index (χ2n) is 4.81. The molecule has 0 radical (unpaired) electrons. The Kier molecular flexibility index (Phi) is 2.60. The second kappa shape index (κ2) is 4.32. The second-order valence-corrected chi connectivity index (χ2v) is 6.11. The minimum absolute atomic E-state index is 0.738. The molecule has 0 spiro atoms. The molecule has 0 aromatic carbocycles. The third-order valence-electron chi connectivity index (χ3n) is 3.65. The SMILES string of the molecule is Clc1c2c(nc3c(-c4cccs4)cnn13)CCCC2. The Morgan fingerprint density at radius 3 is 3.00 bits per heavy atom. The summed E-state index contributed by atoms with van der Waals surface area (Å²) in [4.78, 5) is 6.00. The molecule has 1 aliphatic carbocycles. The lowest BCUT2D eigenvalue weighted by atomic mass is 9.97. The molecule has 0 fully saturated rings. The predicted molar refractivity (Wildman–Crippen MR) is 78.0 cm³/mol. The normalized spacial score (nSPS) is 14.8. The van der Waals surface area contributed by atoms with Crippen LogP contribution in [-0.4, -0.2) is 14.6 Å². The molecular weight excluding hydrogens is 278 g/mol. The van der Waals surface area contributed by atoms with Crippen LogP contribution in [-0.2, 0) is 12.8 Å². The zero-order valence-electron chi connectivity index (χ0n) is 10.3. The summed E-state index contributed by atoms with van der Waals surface area (Å²) >= 11 is 8.20. The summed E-state index contributed by atoms with van der Waals surface area (Å²) in [6, 6.07) is 4.14. The van der Waals surface area contributed by atoms with E-state index < -0.39 is 0 Å². The number of fused-ring (bicyclic) bond motifs is 2. The van der Waals surface area contributed by atoms with Crippen LogP contribution in [0, 0.1) is 0 Å². The van der Waals surface area contributed by atoms with Crippen molar-refractivity contribution in [1.29, 1.82) is 0 Å². The summed E-state index contributed by atoms with van der Waals surface area (Å²) in [5.41, 5.74) is 4.29. The fraction of sp³-hybridized carbons (Fsp3) is 0.286. The Hall–Kier alpha value is -1.39. The highest BCUT2D eigenvalue weighted by molar-refractivity contribution is 7.13. The molecule has 0 unspecified atom stereocenters. The number of thiophene rings is 1. The van der Waals surface area contributed by atoms with Gasteiger partial charge >= 0.3 is 0 Å². The zero-order chi connectivity index (χ0) is 12.8. The monoisotopic (exact) mass is 289 g/mol. The third-order valence-corrected chi connectivity index (χ3v) is 4.94. The summed E-state index contributed by atoms with van der Waals surface area (Å²) in [5, 5.41) is 7.22. The first-order valence-electron chi connectivity index (χ1n) is 6.43. The molecule has 0 N–H and O–H groups in total. The van der Waals surface area contributed by atoms with Crippen molar-refractivity contribution < 1.29 is 0 Å². The molecular formula is C14H12ClN3S. The zero-order valence-corrected chi connectivity index (χ0v) is 11.8. The fourth-order valence-electron chi connectivity index (χ4n) is 2.69. The van der Waals surface area contributed by atoms with Crippen molar-refractivity contribution in [1.82, 2.24) is 14.6 Å². The van der Waals surface area contributed by atoms with Crippen molar-refractivity contribution in [2.24, 2.45) is 0 Å². The molecule has 0 saturated carbocycles. The predicted octanol–water partition coefficient (Wildman–Crippen LogP) is 3.99. The largest absolute Gasteiger partial charge is 0.233 e. The van der Waals surface area contributed by atoms with Gasteiger partial charge in [0, 0.05) is 16.1 Å². The van der Waals surface area contributed by atoms with Crippen LogP contribution in [0.3, 0.4) is 0 Å². The molecule has 19 heavy (non-hydrogen) atoms. The smallest absolute Gasteiger partial charge is 0.165 e. The Labute approximate surface area is 119 Å². The lowest BCUT2D eigenvalue weighted by Gasteiger charge is -2.16. The molecule has 0 aliphatic heterocycles. The Morgan fingerprint density at radius 1 is 1.26 bits per heavy atom. The van der Waals surface area contributed by atoms with E-state index in [0.717, 1.165) is 34.9 Å². The van der Waals surface area contributed by atoms with Crippen LogP contribution in [0.1, 0.15) is 24.1 Å². The third kappa shape index (κ3) is 1.70. The first kappa shape index (κ1) is 11.4. The number of aryl methyl sites for hydroxylation is 1. The highest BCUT2D eigenvalue weighted by Gasteiger charge is 2.20. The molecule has 0 amide bonds. The maximum Gasteiger partial charge on any atom is 0.165 e. The quantitative estimate of drug-likeness (QED) is 0.634. The van der Waals surface area contributed by atoms with Gasteiger partial charge in [0.05, 0.1) is 11.8 Å². The van der Waals surface area contributed by atoms with Crippen LogP contribution >= 0.6 is 22.9 Å². The van der Waals surface area contributed by atoms with E-state index in [0.29, 0.717) is 0 Å². The van der Waals surface area contributed by atoms with Crippen LogP contribution in [0.25, 0.3) is 16.1 Å². The van der Waals surface area contributed by atoms with E-state index in [1.807, 2.05) is 12.3 Å². The molecule has 0 saturated heterocycles. The van der Waals surface area contributed by atoms with Gasteiger partial charge in [-0.25, -0.2) is 9.50 Å². The number of nitrogens with zero attached hydrogens (tertiary/aromatic N) is 3. The molecule has 1 aliphatic rings. The van der Waals surface area contributed by atoms with E-state index in [2.05, 4.69) is 16.5 Å². The first-order chi connectivity index (χ1) is 9.34. The molecule has 0 atom stereocenters. The van der Waals surface area contributed by atoms with E-state index in [-0.39, 0.29) is 0 Å². The molecule has 3 aromatic heterocycles. The maximum absolute atomic E-state index is 6.50. The van der Waals surface area contributed by atoms with E-state index in [9.17, 15) is 0 Å². The molecule has 3 heterocycles. The minimum Gasteiger partial charge on any atom is -0.233 e. The standard InChI is InChI=1S/C14H12ClN3S/c15-13-9-4-1-2-5-11(9)17-14-10(8-16-18(13)14)12-6-3-7-19-12/h3,6-8H,1-2,4-5H2. The fourth-order valence-corrected chi connectivity index (χ4v) is 3.75. The number of hydrogen-bond acceptors (Lipinski definition) is 3. The first-order valence-corrected chi connectivity index (χ1v) is 7.69. The molecule has 3 nitrogen and oxygen atoms in total. The van der Waals surface area contributed by atoms with Crippen molar-refractivity contribution in [3.05, 3.63) is 40.1 Å². The van der Waals surface area contributed by atoms with Gasteiger partial charge in [-0.15, -0.1) is 11.3 Å². The van der Waals surface area contributed by atoms with Gasteiger partial charge in [-0.05, 0) is 37.1 Å². The van der Waals surface area contributed by atoms with Gasteiger partial charge in [-0.2, -0.15) is 5.10 Å². The highest BCUT2D eigenvalue weighted by Crippen LogP contribution is 2.33. The molecule has 0 bridgehead atoms. The molecule has 5 heteroatoms. The van der Waals surface area contributed by atoms with E-state index in [1.165, 1.54) is 23.3 Å². The lowest BCUT2D eigenvalue weighted by molar-refractivity contribution is 0.660. The van der Waals surface area contributed by atoms with Crippen molar-refractivity contribution in [3.63, 3.8) is 0 Å². The number of aromatic nitrogens is 3. The van der Waals surface area contributed by atoms with Gasteiger partial charge in [0.25, 0.3) is 0 Å². The Balaban J connectivity index is 2.02. The topological polar surface area (TPSA) is 30.2 Å².